The Hall–Kier alpha value is -0.930. The highest BCUT2D eigenvalue weighted by Gasteiger charge is 2.01. The predicted molar refractivity (Wildman–Crippen MR) is 64.1 cm³/mol. The van der Waals surface area contributed by atoms with Crippen LogP contribution in [0.25, 0.3) is 0 Å². The fourth-order valence-corrected chi connectivity index (χ4v) is 1.43. The molecule has 1 rings (SSSR count). The summed E-state index contributed by atoms with van der Waals surface area (Å²) in [5, 5.41) is 3.03. The van der Waals surface area contributed by atoms with E-state index >= 15 is 0 Å². The molecule has 1 aromatic carbocycles. The highest BCUT2D eigenvalue weighted by atomic mass is 19.1. The molecule has 0 aliphatic carbocycles. The molecule has 0 radical (unpaired) electrons. The van der Waals surface area contributed by atoms with Gasteiger partial charge in [0.1, 0.15) is 6.67 Å². The number of nitrogens with one attached hydrogen (secondary N) is 1. The normalized spacial score (nSPS) is 12.6. The summed E-state index contributed by atoms with van der Waals surface area (Å²) < 4.78 is 17.4. The second-order valence-electron chi connectivity index (χ2n) is 4.00. The number of benzene rings is 1. The van der Waals surface area contributed by atoms with Crippen LogP contribution in [0, 0.1) is 5.92 Å². The first-order valence-electron chi connectivity index (χ1n) is 5.71. The van der Waals surface area contributed by atoms with Crippen molar-refractivity contribution in [2.45, 2.75) is 13.5 Å². The fourth-order valence-electron chi connectivity index (χ4n) is 1.43. The highest BCUT2D eigenvalue weighted by molar-refractivity contribution is 5.13. The minimum absolute atomic E-state index is 0.308. The molecular formula is C13H20FNO. The summed E-state index contributed by atoms with van der Waals surface area (Å²) in [5.41, 5.74) is 1.19. The summed E-state index contributed by atoms with van der Waals surface area (Å²) in [5.74, 6) is 0.412. The number of hydrogen-bond donors (Lipinski definition) is 1. The van der Waals surface area contributed by atoms with Gasteiger partial charge in [-0.2, -0.15) is 0 Å². The zero-order chi connectivity index (χ0) is 11.6. The van der Waals surface area contributed by atoms with Crippen LogP contribution >= 0.6 is 0 Å². The summed E-state index contributed by atoms with van der Waals surface area (Å²) in [6.45, 7) is 4.37. The van der Waals surface area contributed by atoms with Crippen LogP contribution < -0.4 is 5.32 Å². The topological polar surface area (TPSA) is 21.3 Å². The number of hydrogen-bond acceptors (Lipinski definition) is 2. The van der Waals surface area contributed by atoms with Crippen molar-refractivity contribution in [2.24, 2.45) is 5.92 Å². The Kier molecular flexibility index (Phi) is 6.77. The molecular weight excluding hydrogens is 205 g/mol. The van der Waals surface area contributed by atoms with Crippen LogP contribution in [0.15, 0.2) is 30.3 Å². The van der Waals surface area contributed by atoms with Gasteiger partial charge in [-0.15, -0.1) is 0 Å². The molecule has 0 heterocycles. The van der Waals surface area contributed by atoms with Gasteiger partial charge in [-0.25, -0.2) is 4.39 Å². The molecule has 1 unspecified atom stereocenters. The summed E-state index contributed by atoms with van der Waals surface area (Å²) >= 11 is 0. The van der Waals surface area contributed by atoms with Gasteiger partial charge in [0.2, 0.25) is 0 Å². The maximum absolute atomic E-state index is 11.8. The fraction of sp³-hybridized carbons (Fsp3) is 0.538. The molecule has 0 aliphatic rings. The van der Waals surface area contributed by atoms with E-state index in [2.05, 4.69) is 12.2 Å². The monoisotopic (exact) mass is 225 g/mol. The molecule has 0 saturated heterocycles. The average molecular weight is 225 g/mol. The van der Waals surface area contributed by atoms with Gasteiger partial charge >= 0.3 is 0 Å². The maximum atomic E-state index is 11.8. The standard InChI is InChI=1S/C13H20FNO/c1-12(9-15-8-7-14)10-16-11-13-5-3-2-4-6-13/h2-6,12,15H,7-11H2,1H3. The Morgan fingerprint density at radius 1 is 1.31 bits per heavy atom. The molecule has 0 bridgehead atoms. The second kappa shape index (κ2) is 8.25. The van der Waals surface area contributed by atoms with Crippen LogP contribution in [0.2, 0.25) is 0 Å². The third-order valence-electron chi connectivity index (χ3n) is 2.28. The largest absolute Gasteiger partial charge is 0.376 e. The van der Waals surface area contributed by atoms with Crippen molar-refractivity contribution in [2.75, 3.05) is 26.4 Å². The van der Waals surface area contributed by atoms with Crippen molar-refractivity contribution in [3.05, 3.63) is 35.9 Å². The molecule has 3 heteroatoms. The van der Waals surface area contributed by atoms with Gasteiger partial charge in [-0.05, 0) is 18.0 Å². The van der Waals surface area contributed by atoms with Crippen molar-refractivity contribution in [3.8, 4) is 0 Å². The molecule has 0 spiro atoms. The first-order chi connectivity index (χ1) is 7.83. The van der Waals surface area contributed by atoms with Crippen molar-refractivity contribution < 1.29 is 9.13 Å². The van der Waals surface area contributed by atoms with E-state index in [-0.39, 0.29) is 6.67 Å². The Morgan fingerprint density at radius 2 is 2.06 bits per heavy atom. The lowest BCUT2D eigenvalue weighted by Crippen LogP contribution is -2.25. The van der Waals surface area contributed by atoms with E-state index in [1.807, 2.05) is 30.3 Å². The van der Waals surface area contributed by atoms with Crippen molar-refractivity contribution >= 4 is 0 Å². The van der Waals surface area contributed by atoms with Crippen LogP contribution in [-0.4, -0.2) is 26.4 Å². The molecule has 1 atom stereocenters. The van der Waals surface area contributed by atoms with Crippen molar-refractivity contribution in [1.82, 2.24) is 5.32 Å². The van der Waals surface area contributed by atoms with Crippen LogP contribution in [0.3, 0.4) is 0 Å². The molecule has 16 heavy (non-hydrogen) atoms. The smallest absolute Gasteiger partial charge is 0.102 e. The molecule has 1 N–H and O–H groups in total. The zero-order valence-corrected chi connectivity index (χ0v) is 9.79. The van der Waals surface area contributed by atoms with Gasteiger partial charge in [-0.3, -0.25) is 0 Å². The third-order valence-corrected chi connectivity index (χ3v) is 2.28. The number of alkyl halides is 1. The first kappa shape index (κ1) is 13.1. The van der Waals surface area contributed by atoms with Crippen LogP contribution in [0.4, 0.5) is 4.39 Å². The average Bonchev–Trinajstić information content (AvgIpc) is 2.31. The molecule has 1 aromatic rings. The third kappa shape index (κ3) is 5.83. The lowest BCUT2D eigenvalue weighted by atomic mass is 10.2. The van der Waals surface area contributed by atoms with Gasteiger partial charge in [-0.1, -0.05) is 37.3 Å². The summed E-state index contributed by atoms with van der Waals surface area (Å²) in [4.78, 5) is 0. The van der Waals surface area contributed by atoms with Crippen LogP contribution in [0.5, 0.6) is 0 Å². The second-order valence-corrected chi connectivity index (χ2v) is 4.00. The summed E-state index contributed by atoms with van der Waals surface area (Å²) in [6, 6.07) is 10.1. The van der Waals surface area contributed by atoms with E-state index in [0.717, 1.165) is 6.54 Å². The lowest BCUT2D eigenvalue weighted by Gasteiger charge is -2.12. The van der Waals surface area contributed by atoms with Crippen molar-refractivity contribution in [3.63, 3.8) is 0 Å². The molecule has 0 saturated carbocycles. The van der Waals surface area contributed by atoms with E-state index < -0.39 is 0 Å². The number of rotatable bonds is 8. The number of ether oxygens (including phenoxy) is 1. The number of halogens is 1. The van der Waals surface area contributed by atoms with E-state index in [1.54, 1.807) is 0 Å². The molecule has 2 nitrogen and oxygen atoms in total. The van der Waals surface area contributed by atoms with Gasteiger partial charge < -0.3 is 10.1 Å². The summed E-state index contributed by atoms with van der Waals surface area (Å²) in [6.07, 6.45) is 0. The van der Waals surface area contributed by atoms with E-state index in [1.165, 1.54) is 5.56 Å². The molecule has 0 amide bonds. The van der Waals surface area contributed by atoms with Gasteiger partial charge in [0.25, 0.3) is 0 Å². The first-order valence-corrected chi connectivity index (χ1v) is 5.71. The van der Waals surface area contributed by atoms with Crippen molar-refractivity contribution in [1.29, 1.82) is 0 Å². The zero-order valence-electron chi connectivity index (χ0n) is 9.79. The Bertz CT molecular complexity index is 266. The predicted octanol–water partition coefficient (Wildman–Crippen LogP) is 2.40. The van der Waals surface area contributed by atoms with E-state index in [4.69, 9.17) is 4.74 Å². The van der Waals surface area contributed by atoms with Gasteiger partial charge in [0.05, 0.1) is 13.2 Å². The van der Waals surface area contributed by atoms with Gasteiger partial charge in [0, 0.05) is 6.54 Å². The SMILES string of the molecule is CC(CNCCF)COCc1ccccc1. The minimum atomic E-state index is -0.308. The van der Waals surface area contributed by atoms with Crippen LogP contribution in [0.1, 0.15) is 12.5 Å². The van der Waals surface area contributed by atoms with E-state index in [0.29, 0.717) is 25.7 Å². The maximum Gasteiger partial charge on any atom is 0.102 e. The Morgan fingerprint density at radius 3 is 2.75 bits per heavy atom. The van der Waals surface area contributed by atoms with Crippen LogP contribution in [-0.2, 0) is 11.3 Å². The molecule has 0 aromatic heterocycles. The lowest BCUT2D eigenvalue weighted by molar-refractivity contribution is 0.0917. The molecule has 0 aliphatic heterocycles. The Balaban J connectivity index is 2.06. The summed E-state index contributed by atoms with van der Waals surface area (Å²) in [7, 11) is 0. The van der Waals surface area contributed by atoms with E-state index in [9.17, 15) is 4.39 Å². The van der Waals surface area contributed by atoms with Gasteiger partial charge in [0.15, 0.2) is 0 Å². The molecule has 90 valence electrons. The Labute approximate surface area is 96.8 Å². The minimum Gasteiger partial charge on any atom is -0.376 e. The highest BCUT2D eigenvalue weighted by Crippen LogP contribution is 2.02. The molecule has 0 fully saturated rings. The quantitative estimate of drug-likeness (QED) is 0.686.